The second-order valence-corrected chi connectivity index (χ2v) is 10.2. The standard InChI is InChI=1S/C23H42N2O6/c1-11-16(13-26)15(4)18(25-21(29)31-23(8,9)10)19(27)24-17(12-14(2)3)20(28)30-22(5,6)7/h11,14-15,17-18,26H,12-13H2,1-10H3,(H,24,27)(H,25,29)/b16-11-/t15-,17+,18+/m1/s1. The number of allylic oxidation sites excluding steroid dienone is 1. The van der Waals surface area contributed by atoms with Crippen molar-refractivity contribution in [3.63, 3.8) is 0 Å². The van der Waals surface area contributed by atoms with Gasteiger partial charge in [0.05, 0.1) is 6.61 Å². The van der Waals surface area contributed by atoms with E-state index in [4.69, 9.17) is 9.47 Å². The molecule has 0 saturated heterocycles. The van der Waals surface area contributed by atoms with Gasteiger partial charge in [0.1, 0.15) is 23.3 Å². The maximum absolute atomic E-state index is 13.2. The number of esters is 1. The first-order valence-electron chi connectivity index (χ1n) is 10.8. The van der Waals surface area contributed by atoms with E-state index in [-0.39, 0.29) is 12.5 Å². The lowest BCUT2D eigenvalue weighted by Crippen LogP contribution is -2.56. The van der Waals surface area contributed by atoms with E-state index in [0.717, 1.165) is 0 Å². The molecule has 180 valence electrons. The SMILES string of the molecule is C/C=C(/CO)[C@@H](C)[C@H](NC(=O)OC(C)(C)C)C(=O)N[C@@H](CC(C)C)C(=O)OC(C)(C)C. The molecule has 0 radical (unpaired) electrons. The topological polar surface area (TPSA) is 114 Å². The van der Waals surface area contributed by atoms with Gasteiger partial charge in [0.25, 0.3) is 0 Å². The molecule has 0 aliphatic rings. The van der Waals surface area contributed by atoms with Crippen LogP contribution >= 0.6 is 0 Å². The van der Waals surface area contributed by atoms with Crippen molar-refractivity contribution in [1.82, 2.24) is 10.6 Å². The summed E-state index contributed by atoms with van der Waals surface area (Å²) in [5, 5.41) is 15.0. The first-order chi connectivity index (χ1) is 14.0. The van der Waals surface area contributed by atoms with Crippen molar-refractivity contribution >= 4 is 18.0 Å². The lowest BCUT2D eigenvalue weighted by atomic mass is 9.92. The number of carbonyl (C=O) groups is 3. The van der Waals surface area contributed by atoms with Gasteiger partial charge in [-0.15, -0.1) is 0 Å². The van der Waals surface area contributed by atoms with Crippen molar-refractivity contribution in [3.05, 3.63) is 11.6 Å². The predicted octanol–water partition coefficient (Wildman–Crippen LogP) is 3.33. The Hall–Kier alpha value is -2.09. The van der Waals surface area contributed by atoms with Crippen LogP contribution < -0.4 is 10.6 Å². The molecule has 0 bridgehead atoms. The minimum absolute atomic E-state index is 0.121. The highest BCUT2D eigenvalue weighted by atomic mass is 16.6. The number of carbonyl (C=O) groups excluding carboxylic acids is 3. The fourth-order valence-corrected chi connectivity index (χ4v) is 2.88. The first-order valence-corrected chi connectivity index (χ1v) is 10.8. The van der Waals surface area contributed by atoms with Gasteiger partial charge in [-0.2, -0.15) is 0 Å². The first kappa shape index (κ1) is 28.9. The molecule has 0 rings (SSSR count). The largest absolute Gasteiger partial charge is 0.458 e. The summed E-state index contributed by atoms with van der Waals surface area (Å²) in [5.41, 5.74) is -0.868. The number of hydrogen-bond acceptors (Lipinski definition) is 6. The molecule has 0 aromatic heterocycles. The van der Waals surface area contributed by atoms with Gasteiger partial charge in [0, 0.05) is 5.92 Å². The lowest BCUT2D eigenvalue weighted by Gasteiger charge is -2.30. The number of nitrogens with one attached hydrogen (secondary N) is 2. The zero-order valence-electron chi connectivity index (χ0n) is 20.8. The van der Waals surface area contributed by atoms with Crippen molar-refractivity contribution in [2.24, 2.45) is 11.8 Å². The van der Waals surface area contributed by atoms with Gasteiger partial charge in [-0.1, -0.05) is 26.8 Å². The van der Waals surface area contributed by atoms with Gasteiger partial charge in [-0.3, -0.25) is 4.79 Å². The molecule has 0 fully saturated rings. The fourth-order valence-electron chi connectivity index (χ4n) is 2.88. The Balaban J connectivity index is 5.76. The van der Waals surface area contributed by atoms with Crippen LogP contribution in [0.1, 0.15) is 75.7 Å². The third kappa shape index (κ3) is 11.8. The fraction of sp³-hybridized carbons (Fsp3) is 0.783. The minimum Gasteiger partial charge on any atom is -0.458 e. The van der Waals surface area contributed by atoms with Crippen molar-refractivity contribution in [3.8, 4) is 0 Å². The molecule has 2 amide bonds. The van der Waals surface area contributed by atoms with Crippen LogP contribution in [-0.4, -0.2) is 53.0 Å². The van der Waals surface area contributed by atoms with Crippen molar-refractivity contribution in [2.45, 2.75) is 98.9 Å². The third-order valence-corrected chi connectivity index (χ3v) is 4.31. The highest BCUT2D eigenvalue weighted by Gasteiger charge is 2.34. The summed E-state index contributed by atoms with van der Waals surface area (Å²) in [6, 6.07) is -1.92. The molecule has 0 unspecified atom stereocenters. The second kappa shape index (κ2) is 12.1. The number of rotatable bonds is 9. The Kier molecular flexibility index (Phi) is 11.3. The molecule has 0 aliphatic heterocycles. The van der Waals surface area contributed by atoms with E-state index in [9.17, 15) is 19.5 Å². The minimum atomic E-state index is -1.05. The summed E-state index contributed by atoms with van der Waals surface area (Å²) in [4.78, 5) is 38.2. The van der Waals surface area contributed by atoms with Gasteiger partial charge in [0.15, 0.2) is 0 Å². The van der Waals surface area contributed by atoms with Crippen LogP contribution in [0.25, 0.3) is 0 Å². The average molecular weight is 443 g/mol. The van der Waals surface area contributed by atoms with Gasteiger partial charge in [-0.25, -0.2) is 9.59 Å². The molecule has 3 atom stereocenters. The highest BCUT2D eigenvalue weighted by molar-refractivity contribution is 5.90. The monoisotopic (exact) mass is 442 g/mol. The summed E-state index contributed by atoms with van der Waals surface area (Å²) in [6.45, 7) is 17.5. The number of aliphatic hydroxyl groups excluding tert-OH is 1. The quantitative estimate of drug-likeness (QED) is 0.373. The number of amides is 2. The molecule has 0 aromatic rings. The molecular weight excluding hydrogens is 400 g/mol. The molecule has 8 nitrogen and oxygen atoms in total. The Morgan fingerprint density at radius 2 is 1.45 bits per heavy atom. The van der Waals surface area contributed by atoms with Gasteiger partial charge >= 0.3 is 12.1 Å². The summed E-state index contributed by atoms with van der Waals surface area (Å²) < 4.78 is 10.8. The zero-order chi connectivity index (χ0) is 24.6. The number of ether oxygens (including phenoxy) is 2. The smallest absolute Gasteiger partial charge is 0.408 e. The predicted molar refractivity (Wildman–Crippen MR) is 120 cm³/mol. The summed E-state index contributed by atoms with van der Waals surface area (Å²) in [7, 11) is 0. The summed E-state index contributed by atoms with van der Waals surface area (Å²) in [5.74, 6) is -1.49. The molecule has 0 heterocycles. The molecule has 0 saturated carbocycles. The third-order valence-electron chi connectivity index (χ3n) is 4.31. The van der Waals surface area contributed by atoms with Crippen LogP contribution in [0.4, 0.5) is 4.79 Å². The Bertz CT molecular complexity index is 643. The summed E-state index contributed by atoms with van der Waals surface area (Å²) >= 11 is 0. The zero-order valence-corrected chi connectivity index (χ0v) is 20.8. The maximum Gasteiger partial charge on any atom is 0.408 e. The normalized spacial score (nSPS) is 15.7. The van der Waals surface area contributed by atoms with Crippen LogP contribution in [0.3, 0.4) is 0 Å². The highest BCUT2D eigenvalue weighted by Crippen LogP contribution is 2.18. The van der Waals surface area contributed by atoms with Crippen molar-refractivity contribution in [1.29, 1.82) is 0 Å². The lowest BCUT2D eigenvalue weighted by molar-refractivity contribution is -0.159. The molecular formula is C23H42N2O6. The number of alkyl carbamates (subject to hydrolysis) is 1. The van der Waals surface area contributed by atoms with Crippen LogP contribution in [0.5, 0.6) is 0 Å². The molecule has 31 heavy (non-hydrogen) atoms. The van der Waals surface area contributed by atoms with Crippen molar-refractivity contribution < 1.29 is 29.0 Å². The van der Waals surface area contributed by atoms with E-state index in [2.05, 4.69) is 10.6 Å². The van der Waals surface area contributed by atoms with Crippen molar-refractivity contribution in [2.75, 3.05) is 6.61 Å². The van der Waals surface area contributed by atoms with Crippen LogP contribution in [0.2, 0.25) is 0 Å². The number of hydrogen-bond donors (Lipinski definition) is 3. The van der Waals surface area contributed by atoms with Crippen LogP contribution in [-0.2, 0) is 19.1 Å². The van der Waals surface area contributed by atoms with Crippen LogP contribution in [0, 0.1) is 11.8 Å². The number of aliphatic hydroxyl groups is 1. The van der Waals surface area contributed by atoms with E-state index in [1.807, 2.05) is 13.8 Å². The molecule has 0 aliphatic carbocycles. The van der Waals surface area contributed by atoms with E-state index in [1.54, 1.807) is 61.5 Å². The molecule has 3 N–H and O–H groups in total. The van der Waals surface area contributed by atoms with E-state index < -0.39 is 47.2 Å². The maximum atomic E-state index is 13.2. The van der Waals surface area contributed by atoms with Crippen LogP contribution in [0.15, 0.2) is 11.6 Å². The van der Waals surface area contributed by atoms with Gasteiger partial charge in [-0.05, 0) is 66.4 Å². The molecule has 0 spiro atoms. The van der Waals surface area contributed by atoms with Gasteiger partial charge in [0.2, 0.25) is 5.91 Å². The van der Waals surface area contributed by atoms with E-state index in [0.29, 0.717) is 12.0 Å². The molecule has 8 heteroatoms. The van der Waals surface area contributed by atoms with E-state index in [1.165, 1.54) is 0 Å². The molecule has 0 aromatic carbocycles. The Morgan fingerprint density at radius 1 is 0.935 bits per heavy atom. The Labute approximate surface area is 187 Å². The summed E-state index contributed by atoms with van der Waals surface area (Å²) in [6.07, 6.45) is 1.32. The van der Waals surface area contributed by atoms with E-state index >= 15 is 0 Å². The Morgan fingerprint density at radius 3 is 1.84 bits per heavy atom. The second-order valence-electron chi connectivity index (χ2n) is 10.2. The average Bonchev–Trinajstić information content (AvgIpc) is 2.56. The van der Waals surface area contributed by atoms with Gasteiger partial charge < -0.3 is 25.2 Å².